The monoisotopic (exact) mass is 264 g/mol. The van der Waals surface area contributed by atoms with E-state index >= 15 is 0 Å². The molecule has 1 unspecified atom stereocenters. The van der Waals surface area contributed by atoms with E-state index in [4.69, 9.17) is 4.42 Å². The van der Waals surface area contributed by atoms with Gasteiger partial charge in [-0.1, -0.05) is 27.2 Å². The highest BCUT2D eigenvalue weighted by atomic mass is 16.3. The maximum absolute atomic E-state index is 5.61. The van der Waals surface area contributed by atoms with Gasteiger partial charge in [0.05, 0.1) is 12.8 Å². The first kappa shape index (κ1) is 14.6. The van der Waals surface area contributed by atoms with Gasteiger partial charge < -0.3 is 9.73 Å². The molecule has 19 heavy (non-hydrogen) atoms. The van der Waals surface area contributed by atoms with E-state index in [-0.39, 0.29) is 0 Å². The molecule has 2 heterocycles. The number of likely N-dealkylation sites (tertiary alicyclic amines) is 1. The summed E-state index contributed by atoms with van der Waals surface area (Å²) in [6, 6.07) is 2.63. The summed E-state index contributed by atoms with van der Waals surface area (Å²) in [5, 5.41) is 3.43. The van der Waals surface area contributed by atoms with Crippen molar-refractivity contribution in [3.63, 3.8) is 0 Å². The van der Waals surface area contributed by atoms with Crippen molar-refractivity contribution in [2.24, 2.45) is 5.92 Å². The lowest BCUT2D eigenvalue weighted by molar-refractivity contribution is 0.308. The third-order valence-corrected chi connectivity index (χ3v) is 3.97. The van der Waals surface area contributed by atoms with E-state index in [1.54, 1.807) is 0 Å². The van der Waals surface area contributed by atoms with Crippen LogP contribution in [0.15, 0.2) is 16.7 Å². The zero-order chi connectivity index (χ0) is 13.7. The second-order valence-electron chi connectivity index (χ2n) is 6.08. The highest BCUT2D eigenvalue weighted by Crippen LogP contribution is 2.23. The molecule has 1 aliphatic rings. The van der Waals surface area contributed by atoms with Crippen LogP contribution in [0, 0.1) is 5.92 Å². The first-order chi connectivity index (χ1) is 9.19. The Kier molecular flexibility index (Phi) is 5.46. The normalized spacial score (nSPS) is 20.5. The Bertz CT molecular complexity index is 373. The predicted molar refractivity (Wildman–Crippen MR) is 79.0 cm³/mol. The molecule has 1 fully saturated rings. The van der Waals surface area contributed by atoms with Crippen LogP contribution in [0.1, 0.15) is 51.4 Å². The zero-order valence-corrected chi connectivity index (χ0v) is 12.6. The molecule has 0 spiro atoms. The second kappa shape index (κ2) is 7.11. The molecule has 3 heteroatoms. The lowest BCUT2D eigenvalue weighted by Gasteiger charge is -2.16. The first-order valence-corrected chi connectivity index (χ1v) is 7.70. The van der Waals surface area contributed by atoms with Crippen molar-refractivity contribution < 1.29 is 4.42 Å². The molecule has 0 saturated carbocycles. The summed E-state index contributed by atoms with van der Waals surface area (Å²) in [6.45, 7) is 11.0. The lowest BCUT2D eigenvalue weighted by atomic mass is 10.0. The molecule has 3 nitrogen and oxygen atoms in total. The SMILES string of the molecule is CCCC1CCN(Cc2ccoc2CNC(C)C)C1. The first-order valence-electron chi connectivity index (χ1n) is 7.70. The lowest BCUT2D eigenvalue weighted by Crippen LogP contribution is -2.24. The topological polar surface area (TPSA) is 28.4 Å². The van der Waals surface area contributed by atoms with Gasteiger partial charge in [-0.3, -0.25) is 4.90 Å². The third-order valence-electron chi connectivity index (χ3n) is 3.97. The van der Waals surface area contributed by atoms with Crippen LogP contribution in [0.5, 0.6) is 0 Å². The molecule has 0 bridgehead atoms. The molecule has 2 rings (SSSR count). The van der Waals surface area contributed by atoms with Gasteiger partial charge >= 0.3 is 0 Å². The summed E-state index contributed by atoms with van der Waals surface area (Å²) >= 11 is 0. The molecule has 1 saturated heterocycles. The number of rotatable bonds is 7. The largest absolute Gasteiger partial charge is 0.468 e. The van der Waals surface area contributed by atoms with Crippen molar-refractivity contribution >= 4 is 0 Å². The highest BCUT2D eigenvalue weighted by Gasteiger charge is 2.22. The van der Waals surface area contributed by atoms with Gasteiger partial charge in [-0.2, -0.15) is 0 Å². The highest BCUT2D eigenvalue weighted by molar-refractivity contribution is 5.17. The molecule has 0 radical (unpaired) electrons. The molecule has 0 amide bonds. The van der Waals surface area contributed by atoms with Crippen molar-refractivity contribution in [1.82, 2.24) is 10.2 Å². The Morgan fingerprint density at radius 3 is 3.05 bits per heavy atom. The van der Waals surface area contributed by atoms with Crippen LogP contribution in [-0.2, 0) is 13.1 Å². The number of nitrogens with one attached hydrogen (secondary N) is 1. The van der Waals surface area contributed by atoms with Crippen LogP contribution in [0.3, 0.4) is 0 Å². The molecule has 0 aliphatic carbocycles. The molecule has 1 aromatic rings. The number of hydrogen-bond donors (Lipinski definition) is 1. The summed E-state index contributed by atoms with van der Waals surface area (Å²) in [6.07, 6.45) is 5.88. The zero-order valence-electron chi connectivity index (χ0n) is 12.6. The Balaban J connectivity index is 1.84. The van der Waals surface area contributed by atoms with Gasteiger partial charge in [0.1, 0.15) is 5.76 Å². The number of hydrogen-bond acceptors (Lipinski definition) is 3. The average molecular weight is 264 g/mol. The minimum Gasteiger partial charge on any atom is -0.468 e. The van der Waals surface area contributed by atoms with Gasteiger partial charge in [-0.25, -0.2) is 0 Å². The maximum atomic E-state index is 5.61. The van der Waals surface area contributed by atoms with Crippen LogP contribution in [0.2, 0.25) is 0 Å². The van der Waals surface area contributed by atoms with Gasteiger partial charge in [0, 0.05) is 24.7 Å². The van der Waals surface area contributed by atoms with E-state index in [0.29, 0.717) is 6.04 Å². The molecule has 1 atom stereocenters. The van der Waals surface area contributed by atoms with Crippen LogP contribution in [0.4, 0.5) is 0 Å². The van der Waals surface area contributed by atoms with Gasteiger partial charge in [-0.05, 0) is 31.4 Å². The van der Waals surface area contributed by atoms with Crippen molar-refractivity contribution in [2.45, 2.75) is 59.2 Å². The summed E-state index contributed by atoms with van der Waals surface area (Å²) in [5.41, 5.74) is 1.35. The van der Waals surface area contributed by atoms with Crippen molar-refractivity contribution in [3.05, 3.63) is 23.7 Å². The molecule has 108 valence electrons. The van der Waals surface area contributed by atoms with Gasteiger partial charge in [0.2, 0.25) is 0 Å². The minimum atomic E-state index is 0.499. The van der Waals surface area contributed by atoms with E-state index in [0.717, 1.165) is 24.8 Å². The summed E-state index contributed by atoms with van der Waals surface area (Å²) < 4.78 is 5.61. The molecular formula is C16H28N2O. The van der Waals surface area contributed by atoms with Gasteiger partial charge in [0.15, 0.2) is 0 Å². The van der Waals surface area contributed by atoms with E-state index in [1.165, 1.54) is 37.9 Å². The van der Waals surface area contributed by atoms with Crippen molar-refractivity contribution in [2.75, 3.05) is 13.1 Å². The summed E-state index contributed by atoms with van der Waals surface area (Å²) in [5.74, 6) is 2.02. The second-order valence-corrected chi connectivity index (χ2v) is 6.08. The molecule has 0 aromatic carbocycles. The van der Waals surface area contributed by atoms with Crippen LogP contribution in [-0.4, -0.2) is 24.0 Å². The Labute approximate surface area is 117 Å². The Morgan fingerprint density at radius 1 is 1.47 bits per heavy atom. The molecule has 1 aromatic heterocycles. The van der Waals surface area contributed by atoms with E-state index < -0.39 is 0 Å². The quantitative estimate of drug-likeness (QED) is 0.818. The van der Waals surface area contributed by atoms with E-state index in [9.17, 15) is 0 Å². The smallest absolute Gasteiger partial charge is 0.122 e. The van der Waals surface area contributed by atoms with Crippen molar-refractivity contribution in [1.29, 1.82) is 0 Å². The fourth-order valence-corrected chi connectivity index (χ4v) is 2.90. The molecular weight excluding hydrogens is 236 g/mol. The van der Waals surface area contributed by atoms with Crippen LogP contribution in [0.25, 0.3) is 0 Å². The summed E-state index contributed by atoms with van der Waals surface area (Å²) in [7, 11) is 0. The average Bonchev–Trinajstić information content (AvgIpc) is 2.97. The van der Waals surface area contributed by atoms with Crippen LogP contribution < -0.4 is 5.32 Å². The summed E-state index contributed by atoms with van der Waals surface area (Å²) in [4.78, 5) is 2.57. The third kappa shape index (κ3) is 4.36. The number of furan rings is 1. The van der Waals surface area contributed by atoms with Gasteiger partial charge in [-0.15, -0.1) is 0 Å². The fraction of sp³-hybridized carbons (Fsp3) is 0.750. The maximum Gasteiger partial charge on any atom is 0.122 e. The van der Waals surface area contributed by atoms with Crippen LogP contribution >= 0.6 is 0 Å². The van der Waals surface area contributed by atoms with Gasteiger partial charge in [0.25, 0.3) is 0 Å². The Hall–Kier alpha value is -0.800. The number of nitrogens with zero attached hydrogens (tertiary/aromatic N) is 1. The van der Waals surface area contributed by atoms with Crippen molar-refractivity contribution in [3.8, 4) is 0 Å². The Morgan fingerprint density at radius 2 is 2.32 bits per heavy atom. The predicted octanol–water partition coefficient (Wildman–Crippen LogP) is 3.40. The minimum absolute atomic E-state index is 0.499. The molecule has 1 N–H and O–H groups in total. The fourth-order valence-electron chi connectivity index (χ4n) is 2.90. The van der Waals surface area contributed by atoms with E-state index in [2.05, 4.69) is 37.1 Å². The standard InChI is InChI=1S/C16H28N2O/c1-4-5-14-6-8-18(11-14)12-15-7-9-19-16(15)10-17-13(2)3/h7,9,13-14,17H,4-6,8,10-12H2,1-3H3. The molecule has 1 aliphatic heterocycles. The van der Waals surface area contributed by atoms with E-state index in [1.807, 2.05) is 6.26 Å².